The summed E-state index contributed by atoms with van der Waals surface area (Å²) in [6, 6.07) is 4.02. The van der Waals surface area contributed by atoms with Crippen LogP contribution in [0.15, 0.2) is 16.6 Å². The Morgan fingerprint density at radius 1 is 1.28 bits per heavy atom. The Labute approximate surface area is 119 Å². The molecule has 18 heavy (non-hydrogen) atoms. The summed E-state index contributed by atoms with van der Waals surface area (Å²) in [6.45, 7) is 4.54. The highest BCUT2D eigenvalue weighted by molar-refractivity contribution is 9.10. The largest absolute Gasteiger partial charge is 0.486 e. The number of aromatic nitrogens is 2. The summed E-state index contributed by atoms with van der Waals surface area (Å²) < 4.78 is 6.85. The Balaban J connectivity index is 2.06. The van der Waals surface area contributed by atoms with E-state index in [1.807, 2.05) is 33.0 Å². The van der Waals surface area contributed by atoms with Gasteiger partial charge in [0.15, 0.2) is 5.01 Å². The average Bonchev–Trinajstić information content (AvgIpc) is 2.81. The highest BCUT2D eigenvalue weighted by atomic mass is 79.9. The maximum Gasteiger partial charge on any atom is 0.205 e. The van der Waals surface area contributed by atoms with Gasteiger partial charge in [-0.25, -0.2) is 0 Å². The molecule has 0 saturated heterocycles. The highest BCUT2D eigenvalue weighted by Gasteiger charge is 2.06. The lowest BCUT2D eigenvalue weighted by Gasteiger charge is -2.08. The molecule has 1 aromatic heterocycles. The standard InChI is InChI=1S/C12H14BrN3OS/c1-7-4-9(5-8(2)11(7)13)17-6-10-15-16-12(14-3)18-10/h4-5H,6H2,1-3H3,(H,14,16). The minimum absolute atomic E-state index is 0.444. The van der Waals surface area contributed by atoms with E-state index in [0.29, 0.717) is 6.61 Å². The van der Waals surface area contributed by atoms with Crippen LogP contribution in [0.5, 0.6) is 5.75 Å². The van der Waals surface area contributed by atoms with E-state index in [1.54, 1.807) is 0 Å². The van der Waals surface area contributed by atoms with Crippen molar-refractivity contribution in [1.82, 2.24) is 10.2 Å². The molecule has 0 spiro atoms. The van der Waals surface area contributed by atoms with Gasteiger partial charge in [-0.05, 0) is 37.1 Å². The number of nitrogens with zero attached hydrogens (tertiary/aromatic N) is 2. The number of halogens is 1. The van der Waals surface area contributed by atoms with Gasteiger partial charge in [0, 0.05) is 11.5 Å². The van der Waals surface area contributed by atoms with E-state index in [9.17, 15) is 0 Å². The van der Waals surface area contributed by atoms with Crippen LogP contribution in [0, 0.1) is 13.8 Å². The predicted molar refractivity (Wildman–Crippen MR) is 77.4 cm³/mol. The molecule has 0 fully saturated rings. The van der Waals surface area contributed by atoms with Crippen LogP contribution in [0.1, 0.15) is 16.1 Å². The van der Waals surface area contributed by atoms with Crippen molar-refractivity contribution in [1.29, 1.82) is 0 Å². The van der Waals surface area contributed by atoms with Crippen molar-refractivity contribution in [3.05, 3.63) is 32.7 Å². The smallest absolute Gasteiger partial charge is 0.205 e. The first-order chi connectivity index (χ1) is 8.60. The molecule has 0 aliphatic heterocycles. The molecule has 4 nitrogen and oxygen atoms in total. The molecule has 6 heteroatoms. The van der Waals surface area contributed by atoms with Gasteiger partial charge in [0.25, 0.3) is 0 Å². The van der Waals surface area contributed by atoms with E-state index in [-0.39, 0.29) is 0 Å². The van der Waals surface area contributed by atoms with Crippen LogP contribution in [0.25, 0.3) is 0 Å². The Morgan fingerprint density at radius 3 is 2.50 bits per heavy atom. The van der Waals surface area contributed by atoms with Crippen molar-refractivity contribution in [3.63, 3.8) is 0 Å². The molecule has 0 amide bonds. The molecular formula is C12H14BrN3OS. The van der Waals surface area contributed by atoms with Crippen molar-refractivity contribution >= 4 is 32.4 Å². The third-order valence-corrected chi connectivity index (χ3v) is 4.62. The first-order valence-electron chi connectivity index (χ1n) is 5.50. The van der Waals surface area contributed by atoms with Gasteiger partial charge in [-0.15, -0.1) is 10.2 Å². The summed E-state index contributed by atoms with van der Waals surface area (Å²) in [5, 5.41) is 12.6. The maximum absolute atomic E-state index is 5.73. The second-order valence-corrected chi connectivity index (χ2v) is 5.77. The van der Waals surface area contributed by atoms with E-state index in [0.717, 1.165) is 31.5 Å². The van der Waals surface area contributed by atoms with Crippen molar-refractivity contribution < 1.29 is 4.74 Å². The zero-order valence-electron chi connectivity index (χ0n) is 10.5. The number of hydrogen-bond donors (Lipinski definition) is 1. The monoisotopic (exact) mass is 327 g/mol. The molecule has 0 bridgehead atoms. The summed E-state index contributed by atoms with van der Waals surface area (Å²) in [7, 11) is 1.83. The molecule has 0 unspecified atom stereocenters. The molecule has 0 aliphatic rings. The predicted octanol–water partition coefficient (Wildman–Crippen LogP) is 3.54. The third kappa shape index (κ3) is 3.00. The van der Waals surface area contributed by atoms with Crippen LogP contribution in [-0.4, -0.2) is 17.2 Å². The second-order valence-electron chi connectivity index (χ2n) is 3.91. The Morgan fingerprint density at radius 2 is 1.94 bits per heavy atom. The third-order valence-electron chi connectivity index (χ3n) is 2.45. The number of aryl methyl sites for hydroxylation is 2. The van der Waals surface area contributed by atoms with Gasteiger partial charge >= 0.3 is 0 Å². The molecule has 0 atom stereocenters. The van der Waals surface area contributed by atoms with Crippen LogP contribution >= 0.6 is 27.3 Å². The molecule has 0 saturated carbocycles. The number of hydrogen-bond acceptors (Lipinski definition) is 5. The zero-order chi connectivity index (χ0) is 13.1. The van der Waals surface area contributed by atoms with Crippen LogP contribution < -0.4 is 10.1 Å². The van der Waals surface area contributed by atoms with E-state index in [1.165, 1.54) is 11.3 Å². The van der Waals surface area contributed by atoms with Gasteiger partial charge in [0.1, 0.15) is 12.4 Å². The van der Waals surface area contributed by atoms with Crippen molar-refractivity contribution in [2.24, 2.45) is 0 Å². The van der Waals surface area contributed by atoms with Gasteiger partial charge in [0.05, 0.1) is 0 Å². The molecule has 0 radical (unpaired) electrons. The Hall–Kier alpha value is -1.14. The van der Waals surface area contributed by atoms with Crippen molar-refractivity contribution in [2.45, 2.75) is 20.5 Å². The van der Waals surface area contributed by atoms with Gasteiger partial charge in [-0.3, -0.25) is 0 Å². The molecule has 96 valence electrons. The second kappa shape index (κ2) is 5.67. The summed E-state index contributed by atoms with van der Waals surface area (Å²) in [5.74, 6) is 0.856. The van der Waals surface area contributed by atoms with E-state index in [2.05, 4.69) is 31.4 Å². The zero-order valence-corrected chi connectivity index (χ0v) is 12.9. The fourth-order valence-electron chi connectivity index (χ4n) is 1.55. The highest BCUT2D eigenvalue weighted by Crippen LogP contribution is 2.27. The molecular weight excluding hydrogens is 314 g/mol. The molecule has 2 aromatic rings. The van der Waals surface area contributed by atoms with E-state index < -0.39 is 0 Å². The minimum Gasteiger partial charge on any atom is -0.486 e. The van der Waals surface area contributed by atoms with Gasteiger partial charge in [-0.2, -0.15) is 0 Å². The Bertz CT molecular complexity index is 533. The van der Waals surface area contributed by atoms with Gasteiger partial charge in [-0.1, -0.05) is 27.3 Å². The molecule has 2 rings (SSSR count). The molecule has 0 aliphatic carbocycles. The lowest BCUT2D eigenvalue weighted by atomic mass is 10.1. The quantitative estimate of drug-likeness (QED) is 0.933. The maximum atomic E-state index is 5.73. The number of nitrogens with one attached hydrogen (secondary N) is 1. The number of anilines is 1. The average molecular weight is 328 g/mol. The first-order valence-corrected chi connectivity index (χ1v) is 7.10. The lowest BCUT2D eigenvalue weighted by molar-refractivity contribution is 0.304. The SMILES string of the molecule is CNc1nnc(COc2cc(C)c(Br)c(C)c2)s1. The molecule has 1 heterocycles. The lowest BCUT2D eigenvalue weighted by Crippen LogP contribution is -1.96. The van der Waals surface area contributed by atoms with Crippen LogP contribution in [0.4, 0.5) is 5.13 Å². The van der Waals surface area contributed by atoms with Crippen molar-refractivity contribution in [2.75, 3.05) is 12.4 Å². The Kier molecular flexibility index (Phi) is 4.19. The first kappa shape index (κ1) is 13.3. The molecule has 1 N–H and O–H groups in total. The normalized spacial score (nSPS) is 10.4. The van der Waals surface area contributed by atoms with E-state index in [4.69, 9.17) is 4.74 Å². The minimum atomic E-state index is 0.444. The fraction of sp³-hybridized carbons (Fsp3) is 0.333. The molecule has 1 aromatic carbocycles. The van der Waals surface area contributed by atoms with Crippen molar-refractivity contribution in [3.8, 4) is 5.75 Å². The van der Waals surface area contributed by atoms with Gasteiger partial charge in [0.2, 0.25) is 5.13 Å². The number of ether oxygens (including phenoxy) is 1. The summed E-state index contributed by atoms with van der Waals surface area (Å²) >= 11 is 5.03. The number of rotatable bonds is 4. The topological polar surface area (TPSA) is 47.0 Å². The van der Waals surface area contributed by atoms with E-state index >= 15 is 0 Å². The fourth-order valence-corrected chi connectivity index (χ4v) is 2.38. The van der Waals surface area contributed by atoms with Crippen LogP contribution in [0.3, 0.4) is 0 Å². The van der Waals surface area contributed by atoms with Gasteiger partial charge < -0.3 is 10.1 Å². The van der Waals surface area contributed by atoms with Crippen LogP contribution in [0.2, 0.25) is 0 Å². The number of benzene rings is 1. The summed E-state index contributed by atoms with van der Waals surface area (Å²) in [4.78, 5) is 0. The van der Waals surface area contributed by atoms with Crippen LogP contribution in [-0.2, 0) is 6.61 Å². The summed E-state index contributed by atoms with van der Waals surface area (Å²) in [6.07, 6.45) is 0. The summed E-state index contributed by atoms with van der Waals surface area (Å²) in [5.41, 5.74) is 2.33.